The lowest BCUT2D eigenvalue weighted by atomic mass is 9.48. The van der Waals surface area contributed by atoms with Crippen molar-refractivity contribution < 1.29 is 14.3 Å². The van der Waals surface area contributed by atoms with E-state index in [1.807, 2.05) is 39.0 Å². The van der Waals surface area contributed by atoms with E-state index in [1.54, 1.807) is 0 Å². The number of amides is 2. The van der Waals surface area contributed by atoms with Crippen LogP contribution in [0.25, 0.3) is 0 Å². The number of esters is 1. The molecule has 0 unspecified atom stereocenters. The number of carbonyl (C=O) groups excluding carboxylic acids is 2. The van der Waals surface area contributed by atoms with Gasteiger partial charge in [-0.15, -0.1) is 0 Å². The summed E-state index contributed by atoms with van der Waals surface area (Å²) in [5.41, 5.74) is 4.54. The molecule has 4 fully saturated rings. The molecule has 1 aromatic rings. The molecule has 5 aliphatic rings. The first-order valence-corrected chi connectivity index (χ1v) is 13.1. The number of benzene rings is 1. The van der Waals surface area contributed by atoms with Crippen LogP contribution in [-0.2, 0) is 9.53 Å². The van der Waals surface area contributed by atoms with Gasteiger partial charge in [-0.05, 0) is 101 Å². The van der Waals surface area contributed by atoms with E-state index in [-0.39, 0.29) is 12.0 Å². The summed E-state index contributed by atoms with van der Waals surface area (Å²) in [5, 5.41) is 9.66. The molecule has 4 saturated carbocycles. The van der Waals surface area contributed by atoms with Gasteiger partial charge in [0.1, 0.15) is 0 Å². The number of ether oxygens (including phenoxy) is 1. The van der Waals surface area contributed by atoms with Gasteiger partial charge in [0.05, 0.1) is 18.2 Å². The van der Waals surface area contributed by atoms with Gasteiger partial charge in [-0.2, -0.15) is 0 Å². The van der Waals surface area contributed by atoms with Crippen molar-refractivity contribution in [1.29, 1.82) is 0 Å². The molecule has 1 aliphatic heterocycles. The summed E-state index contributed by atoms with van der Waals surface area (Å²) in [6, 6.07) is 5.66. The molecule has 6 rings (SSSR count). The lowest BCUT2D eigenvalue weighted by molar-refractivity contribution is -0.139. The first-order valence-electron chi connectivity index (χ1n) is 13.1. The minimum absolute atomic E-state index is 0.279. The maximum Gasteiger partial charge on any atom is 0.338 e. The van der Waals surface area contributed by atoms with Crippen LogP contribution in [0.4, 0.5) is 4.79 Å². The Balaban J connectivity index is 1.43. The second-order valence-corrected chi connectivity index (χ2v) is 11.4. The normalized spacial score (nSPS) is 32.9. The molecular formula is C28H39N3O3. The lowest BCUT2D eigenvalue weighted by Crippen LogP contribution is -2.56. The zero-order chi connectivity index (χ0) is 24.0. The molecular weight excluding hydrogens is 426 g/mol. The summed E-state index contributed by atoms with van der Waals surface area (Å²) in [7, 11) is 0. The Morgan fingerprint density at radius 3 is 2.41 bits per heavy atom. The van der Waals surface area contributed by atoms with E-state index in [0.717, 1.165) is 34.4 Å². The molecule has 3 N–H and O–H groups in total. The van der Waals surface area contributed by atoms with Gasteiger partial charge in [0.25, 0.3) is 0 Å². The Hall–Kier alpha value is -2.34. The van der Waals surface area contributed by atoms with Gasteiger partial charge < -0.3 is 20.7 Å². The van der Waals surface area contributed by atoms with Crippen LogP contribution in [0, 0.1) is 37.0 Å². The van der Waals surface area contributed by atoms with Gasteiger partial charge in [-0.25, -0.2) is 9.59 Å². The Kier molecular flexibility index (Phi) is 6.21. The predicted molar refractivity (Wildman–Crippen MR) is 132 cm³/mol. The molecule has 0 spiro atoms. The second-order valence-electron chi connectivity index (χ2n) is 11.4. The van der Waals surface area contributed by atoms with Crippen molar-refractivity contribution in [2.75, 3.05) is 13.2 Å². The smallest absolute Gasteiger partial charge is 0.338 e. The monoisotopic (exact) mass is 465 g/mol. The van der Waals surface area contributed by atoms with E-state index < -0.39 is 6.04 Å². The van der Waals surface area contributed by atoms with Crippen LogP contribution >= 0.6 is 0 Å². The number of aryl methyl sites for hydroxylation is 2. The van der Waals surface area contributed by atoms with Gasteiger partial charge in [0.2, 0.25) is 0 Å². The molecule has 4 aliphatic carbocycles. The molecule has 2 atom stereocenters. The van der Waals surface area contributed by atoms with Crippen molar-refractivity contribution in [3.05, 3.63) is 46.2 Å². The summed E-state index contributed by atoms with van der Waals surface area (Å²) < 4.78 is 5.46. The van der Waals surface area contributed by atoms with Gasteiger partial charge in [-0.3, -0.25) is 0 Å². The number of nitrogens with one attached hydrogen (secondary N) is 3. The van der Waals surface area contributed by atoms with Crippen molar-refractivity contribution in [2.45, 2.75) is 78.3 Å². The van der Waals surface area contributed by atoms with Gasteiger partial charge in [0.15, 0.2) is 0 Å². The van der Waals surface area contributed by atoms with Crippen molar-refractivity contribution in [1.82, 2.24) is 16.0 Å². The largest absolute Gasteiger partial charge is 0.463 e. The molecule has 6 nitrogen and oxygen atoms in total. The molecule has 4 bridgehead atoms. The third-order valence-electron chi connectivity index (χ3n) is 8.98. The summed E-state index contributed by atoms with van der Waals surface area (Å²) in [4.78, 5) is 25.9. The van der Waals surface area contributed by atoms with E-state index in [2.05, 4.69) is 22.9 Å². The zero-order valence-corrected chi connectivity index (χ0v) is 21.0. The van der Waals surface area contributed by atoms with Crippen LogP contribution < -0.4 is 16.0 Å². The number of hydrogen-bond acceptors (Lipinski definition) is 4. The summed E-state index contributed by atoms with van der Waals surface area (Å²) in [6.45, 7) is 8.90. The summed E-state index contributed by atoms with van der Waals surface area (Å²) in [5.74, 6) is 2.28. The van der Waals surface area contributed by atoms with Crippen LogP contribution in [0.3, 0.4) is 0 Å². The highest BCUT2D eigenvalue weighted by Crippen LogP contribution is 2.61. The SMILES string of the molecule is CCOC(=O)C1=C(CN[C@@H](C)C23CC4CC(CC(C4)C2)C3)NC(=O)N[C@H]1c1cc(C)ccc1C. The highest BCUT2D eigenvalue weighted by atomic mass is 16.5. The average Bonchev–Trinajstić information content (AvgIpc) is 2.77. The minimum atomic E-state index is -0.528. The molecule has 6 heteroatoms. The highest BCUT2D eigenvalue weighted by molar-refractivity contribution is 5.95. The van der Waals surface area contributed by atoms with Crippen LogP contribution in [-0.4, -0.2) is 31.2 Å². The predicted octanol–water partition coefficient (Wildman–Crippen LogP) is 4.67. The zero-order valence-electron chi connectivity index (χ0n) is 21.0. The summed E-state index contributed by atoms with van der Waals surface area (Å²) >= 11 is 0. The second kappa shape index (κ2) is 9.03. The maximum atomic E-state index is 13.2. The fourth-order valence-corrected chi connectivity index (χ4v) is 7.69. The topological polar surface area (TPSA) is 79.5 Å². The Morgan fingerprint density at radius 2 is 1.79 bits per heavy atom. The third kappa shape index (κ3) is 4.26. The van der Waals surface area contributed by atoms with E-state index in [1.165, 1.54) is 38.5 Å². The fraction of sp³-hybridized carbons (Fsp3) is 0.643. The van der Waals surface area contributed by atoms with Crippen molar-refractivity contribution >= 4 is 12.0 Å². The van der Waals surface area contributed by atoms with Crippen LogP contribution in [0.2, 0.25) is 0 Å². The van der Waals surface area contributed by atoms with Crippen molar-refractivity contribution in [3.8, 4) is 0 Å². The molecule has 1 aromatic carbocycles. The average molecular weight is 466 g/mol. The Bertz CT molecular complexity index is 979. The Labute approximate surface area is 203 Å². The van der Waals surface area contributed by atoms with Crippen LogP contribution in [0.1, 0.15) is 75.1 Å². The number of urea groups is 1. The number of rotatable bonds is 7. The van der Waals surface area contributed by atoms with E-state index in [0.29, 0.717) is 35.9 Å². The van der Waals surface area contributed by atoms with Crippen LogP contribution in [0.15, 0.2) is 29.5 Å². The molecule has 1 heterocycles. The highest BCUT2D eigenvalue weighted by Gasteiger charge is 2.53. The quantitative estimate of drug-likeness (QED) is 0.512. The molecule has 0 radical (unpaired) electrons. The molecule has 2 amide bonds. The molecule has 0 aromatic heterocycles. The van der Waals surface area contributed by atoms with Crippen molar-refractivity contribution in [2.24, 2.45) is 23.2 Å². The van der Waals surface area contributed by atoms with E-state index >= 15 is 0 Å². The number of carbonyl (C=O) groups is 2. The van der Waals surface area contributed by atoms with Gasteiger partial charge >= 0.3 is 12.0 Å². The summed E-state index contributed by atoms with van der Waals surface area (Å²) in [6.07, 6.45) is 8.21. The number of hydrogen-bond donors (Lipinski definition) is 3. The first-order chi connectivity index (χ1) is 16.3. The Morgan fingerprint density at radius 1 is 1.15 bits per heavy atom. The van der Waals surface area contributed by atoms with Gasteiger partial charge in [-0.1, -0.05) is 23.8 Å². The van der Waals surface area contributed by atoms with E-state index in [4.69, 9.17) is 4.74 Å². The third-order valence-corrected chi connectivity index (χ3v) is 8.98. The maximum absolute atomic E-state index is 13.2. The fourth-order valence-electron chi connectivity index (χ4n) is 7.69. The van der Waals surface area contributed by atoms with Crippen molar-refractivity contribution in [3.63, 3.8) is 0 Å². The molecule has 34 heavy (non-hydrogen) atoms. The minimum Gasteiger partial charge on any atom is -0.463 e. The standard InChI is InChI=1S/C28H39N3O3/c1-5-34-26(32)24-23(30-27(33)31-25(24)22-8-16(2)6-7-17(22)3)15-29-18(4)28-12-19-9-20(13-28)11-21(10-19)14-28/h6-8,18-21,25,29H,5,9-15H2,1-4H3,(H2,30,31,33)/t18-,19?,20?,21?,25-,28?/m0/s1. The molecule has 184 valence electrons. The van der Waals surface area contributed by atoms with E-state index in [9.17, 15) is 9.59 Å². The van der Waals surface area contributed by atoms with Gasteiger partial charge in [0, 0.05) is 18.3 Å². The van der Waals surface area contributed by atoms with Crippen LogP contribution in [0.5, 0.6) is 0 Å². The molecule has 0 saturated heterocycles. The lowest BCUT2D eigenvalue weighted by Gasteiger charge is -2.59. The first kappa shape index (κ1) is 23.4.